The standard InChI is InChI=1S/C16H33N3/c1-13-8-7-9-14(12-13)19(4)11-6-5-10-16(2,3)15(17)18/h13-14H,5-12H2,1-4H3,(H3,17,18). The minimum absolute atomic E-state index is 0.127. The van der Waals surface area contributed by atoms with Gasteiger partial charge in [-0.25, -0.2) is 0 Å². The summed E-state index contributed by atoms with van der Waals surface area (Å²) in [5, 5.41) is 7.57. The number of rotatable bonds is 7. The highest BCUT2D eigenvalue weighted by Crippen LogP contribution is 2.27. The fourth-order valence-corrected chi connectivity index (χ4v) is 3.05. The van der Waals surface area contributed by atoms with Crippen molar-refractivity contribution in [3.05, 3.63) is 0 Å². The Balaban J connectivity index is 2.20. The summed E-state index contributed by atoms with van der Waals surface area (Å²) in [6, 6.07) is 0.796. The molecule has 0 aromatic rings. The molecule has 0 aromatic carbocycles. The second kappa shape index (κ2) is 7.28. The van der Waals surface area contributed by atoms with Gasteiger partial charge in [0.2, 0.25) is 0 Å². The number of nitrogens with two attached hydrogens (primary N) is 1. The van der Waals surface area contributed by atoms with Crippen molar-refractivity contribution in [3.63, 3.8) is 0 Å². The lowest BCUT2D eigenvalue weighted by Gasteiger charge is -2.34. The molecule has 0 saturated heterocycles. The third-order valence-corrected chi connectivity index (χ3v) is 4.82. The molecule has 0 aliphatic heterocycles. The lowest BCUT2D eigenvalue weighted by molar-refractivity contribution is 0.160. The molecule has 19 heavy (non-hydrogen) atoms. The van der Waals surface area contributed by atoms with E-state index in [4.69, 9.17) is 11.1 Å². The van der Waals surface area contributed by atoms with Gasteiger partial charge in [-0.1, -0.05) is 40.0 Å². The highest BCUT2D eigenvalue weighted by molar-refractivity contribution is 5.82. The topological polar surface area (TPSA) is 53.1 Å². The Bertz CT molecular complexity index is 286. The molecule has 2 atom stereocenters. The Morgan fingerprint density at radius 2 is 2.00 bits per heavy atom. The number of hydrogen-bond acceptors (Lipinski definition) is 2. The fourth-order valence-electron chi connectivity index (χ4n) is 3.05. The molecule has 1 saturated carbocycles. The minimum atomic E-state index is -0.127. The van der Waals surface area contributed by atoms with Crippen LogP contribution >= 0.6 is 0 Å². The van der Waals surface area contributed by atoms with E-state index in [1.54, 1.807) is 0 Å². The quantitative estimate of drug-likeness (QED) is 0.420. The summed E-state index contributed by atoms with van der Waals surface area (Å²) in [6.07, 6.45) is 8.97. The Kier molecular flexibility index (Phi) is 6.31. The number of unbranched alkanes of at least 4 members (excludes halogenated alkanes) is 1. The molecule has 0 radical (unpaired) electrons. The van der Waals surface area contributed by atoms with Gasteiger partial charge in [0, 0.05) is 11.5 Å². The molecule has 0 aromatic heterocycles. The molecule has 2 unspecified atom stereocenters. The molecule has 1 aliphatic rings. The molecule has 3 heteroatoms. The molecule has 3 N–H and O–H groups in total. The number of hydrogen-bond donors (Lipinski definition) is 2. The summed E-state index contributed by atoms with van der Waals surface area (Å²) in [5.74, 6) is 1.22. The molecule has 0 heterocycles. The van der Waals surface area contributed by atoms with Gasteiger partial charge in [-0.05, 0) is 45.2 Å². The van der Waals surface area contributed by atoms with E-state index in [1.807, 2.05) is 0 Å². The summed E-state index contributed by atoms with van der Waals surface area (Å²) in [5.41, 5.74) is 5.49. The van der Waals surface area contributed by atoms with Crippen LogP contribution in [-0.2, 0) is 0 Å². The fraction of sp³-hybridized carbons (Fsp3) is 0.938. The van der Waals surface area contributed by atoms with Gasteiger partial charge in [0.15, 0.2) is 0 Å². The van der Waals surface area contributed by atoms with Gasteiger partial charge in [0.1, 0.15) is 0 Å². The van der Waals surface area contributed by atoms with E-state index >= 15 is 0 Å². The zero-order chi connectivity index (χ0) is 14.5. The van der Waals surface area contributed by atoms with Gasteiger partial charge in [-0.3, -0.25) is 5.41 Å². The molecule has 0 amide bonds. The molecule has 1 aliphatic carbocycles. The van der Waals surface area contributed by atoms with Crippen molar-refractivity contribution in [1.82, 2.24) is 4.90 Å². The first-order chi connectivity index (χ1) is 8.83. The second-order valence-electron chi connectivity index (χ2n) is 7.16. The van der Waals surface area contributed by atoms with Gasteiger partial charge in [0.25, 0.3) is 0 Å². The Hall–Kier alpha value is -0.570. The lowest BCUT2D eigenvalue weighted by Crippen LogP contribution is -2.36. The van der Waals surface area contributed by atoms with Crippen molar-refractivity contribution in [2.45, 2.75) is 71.8 Å². The Morgan fingerprint density at radius 3 is 2.58 bits per heavy atom. The van der Waals surface area contributed by atoms with E-state index in [2.05, 4.69) is 32.7 Å². The van der Waals surface area contributed by atoms with Gasteiger partial charge in [-0.15, -0.1) is 0 Å². The van der Waals surface area contributed by atoms with Crippen LogP contribution in [0.1, 0.15) is 65.7 Å². The van der Waals surface area contributed by atoms with Crippen LogP contribution in [0.2, 0.25) is 0 Å². The first kappa shape index (κ1) is 16.5. The predicted octanol–water partition coefficient (Wildman–Crippen LogP) is 3.63. The summed E-state index contributed by atoms with van der Waals surface area (Å²) < 4.78 is 0. The molecule has 0 spiro atoms. The second-order valence-corrected chi connectivity index (χ2v) is 7.16. The molecule has 1 fully saturated rings. The normalized spacial score (nSPS) is 24.7. The highest BCUT2D eigenvalue weighted by Gasteiger charge is 2.23. The van der Waals surface area contributed by atoms with E-state index in [1.165, 1.54) is 45.1 Å². The smallest absolute Gasteiger partial charge is 0.0963 e. The van der Waals surface area contributed by atoms with E-state index < -0.39 is 0 Å². The summed E-state index contributed by atoms with van der Waals surface area (Å²) >= 11 is 0. The largest absolute Gasteiger partial charge is 0.387 e. The minimum Gasteiger partial charge on any atom is -0.387 e. The van der Waals surface area contributed by atoms with E-state index in [0.29, 0.717) is 5.84 Å². The molecular weight excluding hydrogens is 234 g/mol. The van der Waals surface area contributed by atoms with Crippen molar-refractivity contribution in [2.75, 3.05) is 13.6 Å². The number of amidine groups is 1. The van der Waals surface area contributed by atoms with Gasteiger partial charge in [-0.2, -0.15) is 0 Å². The summed E-state index contributed by atoms with van der Waals surface area (Å²) in [6.45, 7) is 7.71. The van der Waals surface area contributed by atoms with Crippen LogP contribution in [0, 0.1) is 16.7 Å². The first-order valence-electron chi connectivity index (χ1n) is 7.87. The maximum Gasteiger partial charge on any atom is 0.0963 e. The SMILES string of the molecule is CC1CCCC(N(C)CCCCC(C)(C)C(=N)N)C1. The first-order valence-corrected chi connectivity index (χ1v) is 7.87. The predicted molar refractivity (Wildman–Crippen MR) is 83.6 cm³/mol. The van der Waals surface area contributed by atoms with Crippen molar-refractivity contribution < 1.29 is 0 Å². The van der Waals surface area contributed by atoms with Crippen molar-refractivity contribution >= 4 is 5.84 Å². The van der Waals surface area contributed by atoms with Crippen LogP contribution in [0.5, 0.6) is 0 Å². The van der Waals surface area contributed by atoms with Crippen molar-refractivity contribution in [3.8, 4) is 0 Å². The summed E-state index contributed by atoms with van der Waals surface area (Å²) in [4.78, 5) is 2.55. The molecule has 0 bridgehead atoms. The Morgan fingerprint density at radius 1 is 1.32 bits per heavy atom. The van der Waals surface area contributed by atoms with Crippen LogP contribution in [0.15, 0.2) is 0 Å². The Labute approximate surface area is 119 Å². The van der Waals surface area contributed by atoms with E-state index in [-0.39, 0.29) is 5.41 Å². The molecular formula is C16H33N3. The molecule has 3 nitrogen and oxygen atoms in total. The van der Waals surface area contributed by atoms with Gasteiger partial charge >= 0.3 is 0 Å². The van der Waals surface area contributed by atoms with Gasteiger partial charge in [0.05, 0.1) is 5.84 Å². The van der Waals surface area contributed by atoms with Crippen molar-refractivity contribution in [2.24, 2.45) is 17.1 Å². The van der Waals surface area contributed by atoms with Crippen LogP contribution in [0.4, 0.5) is 0 Å². The molecule has 1 rings (SSSR count). The maximum absolute atomic E-state index is 7.57. The van der Waals surface area contributed by atoms with Crippen LogP contribution in [0.25, 0.3) is 0 Å². The third-order valence-electron chi connectivity index (χ3n) is 4.82. The monoisotopic (exact) mass is 267 g/mol. The highest BCUT2D eigenvalue weighted by atomic mass is 15.1. The average molecular weight is 267 g/mol. The van der Waals surface area contributed by atoms with Crippen LogP contribution in [0.3, 0.4) is 0 Å². The third kappa shape index (κ3) is 5.52. The van der Waals surface area contributed by atoms with Crippen LogP contribution < -0.4 is 5.73 Å². The van der Waals surface area contributed by atoms with Gasteiger partial charge < -0.3 is 10.6 Å². The average Bonchev–Trinajstić information content (AvgIpc) is 2.34. The number of nitrogens with one attached hydrogen (secondary N) is 1. The van der Waals surface area contributed by atoms with Crippen molar-refractivity contribution in [1.29, 1.82) is 5.41 Å². The van der Waals surface area contributed by atoms with Crippen LogP contribution in [-0.4, -0.2) is 30.4 Å². The molecule has 112 valence electrons. The number of nitrogens with zero attached hydrogens (tertiary/aromatic N) is 1. The van der Waals surface area contributed by atoms with E-state index in [9.17, 15) is 0 Å². The zero-order valence-electron chi connectivity index (χ0n) is 13.3. The van der Waals surface area contributed by atoms with E-state index in [0.717, 1.165) is 18.4 Å². The lowest BCUT2D eigenvalue weighted by atomic mass is 9.85. The maximum atomic E-state index is 7.57. The zero-order valence-corrected chi connectivity index (χ0v) is 13.3. The summed E-state index contributed by atoms with van der Waals surface area (Å²) in [7, 11) is 2.28.